The molecule has 0 radical (unpaired) electrons. The van der Waals surface area contributed by atoms with Crippen LogP contribution in [-0.2, 0) is 16.3 Å². The molecule has 1 aromatic carbocycles. The van der Waals surface area contributed by atoms with Crippen molar-refractivity contribution >= 4 is 43.2 Å². The van der Waals surface area contributed by atoms with Crippen LogP contribution in [0.15, 0.2) is 35.4 Å². The molecule has 224 valence electrons. The van der Waals surface area contributed by atoms with E-state index >= 15 is 0 Å². The smallest absolute Gasteiger partial charge is 0.224 e. The fourth-order valence-corrected chi connectivity index (χ4v) is 8.23. The Labute approximate surface area is 251 Å². The number of aromatic nitrogens is 4. The number of sulfone groups is 1. The van der Waals surface area contributed by atoms with Gasteiger partial charge < -0.3 is 10.6 Å². The lowest BCUT2D eigenvalue weighted by molar-refractivity contribution is 0.441. The number of nitrogens with zero attached hydrogens (tertiary/aromatic N) is 4. The summed E-state index contributed by atoms with van der Waals surface area (Å²) in [5.74, 6) is 0.876. The second kappa shape index (κ2) is 11.8. The number of aryl methyl sites for hydroxylation is 3. The van der Waals surface area contributed by atoms with Crippen molar-refractivity contribution in [1.29, 1.82) is 0 Å². The van der Waals surface area contributed by atoms with Gasteiger partial charge >= 0.3 is 0 Å². The van der Waals surface area contributed by atoms with Gasteiger partial charge in [-0.15, -0.1) is 11.3 Å². The van der Waals surface area contributed by atoms with Crippen molar-refractivity contribution in [3.8, 4) is 10.6 Å². The fourth-order valence-electron chi connectivity index (χ4n) is 5.40. The highest BCUT2D eigenvalue weighted by atomic mass is 32.2. The lowest BCUT2D eigenvalue weighted by atomic mass is 9.97. The summed E-state index contributed by atoms with van der Waals surface area (Å²) in [6.45, 7) is 12.8. The van der Waals surface area contributed by atoms with Crippen molar-refractivity contribution in [1.82, 2.24) is 19.9 Å². The van der Waals surface area contributed by atoms with Gasteiger partial charge in [0.1, 0.15) is 22.2 Å². The molecule has 8 nitrogen and oxygen atoms in total. The van der Waals surface area contributed by atoms with Gasteiger partial charge in [0.05, 0.1) is 32.3 Å². The van der Waals surface area contributed by atoms with Crippen molar-refractivity contribution < 1.29 is 12.8 Å². The molecule has 2 atom stereocenters. The first-order valence-electron chi connectivity index (χ1n) is 14.5. The zero-order chi connectivity index (χ0) is 30.2. The summed E-state index contributed by atoms with van der Waals surface area (Å²) in [6.07, 6.45) is 4.90. The molecule has 1 aliphatic rings. The summed E-state index contributed by atoms with van der Waals surface area (Å²) in [4.78, 5) is 19.4. The molecule has 0 aliphatic heterocycles. The van der Waals surface area contributed by atoms with Crippen molar-refractivity contribution in [3.63, 3.8) is 0 Å². The van der Waals surface area contributed by atoms with Gasteiger partial charge in [-0.1, -0.05) is 27.7 Å². The Hall–Kier alpha value is -3.18. The van der Waals surface area contributed by atoms with E-state index in [0.717, 1.165) is 51.4 Å². The highest BCUT2D eigenvalue weighted by Crippen LogP contribution is 2.39. The van der Waals surface area contributed by atoms with Crippen LogP contribution in [0.3, 0.4) is 0 Å². The summed E-state index contributed by atoms with van der Waals surface area (Å²) < 4.78 is 41.1. The SMILES string of the molecule is CCc1nccc2sc(-c3c(C)nc(NCC(C)(C)C)nc3NC3CCC(CS(=O)(=O)c4ccc(F)c(C)c4)C3)nc12. The maximum atomic E-state index is 13.7. The highest BCUT2D eigenvalue weighted by Gasteiger charge is 2.31. The Morgan fingerprint density at radius 2 is 1.88 bits per heavy atom. The van der Waals surface area contributed by atoms with E-state index in [0.29, 0.717) is 30.3 Å². The van der Waals surface area contributed by atoms with Crippen LogP contribution < -0.4 is 10.6 Å². The van der Waals surface area contributed by atoms with E-state index in [4.69, 9.17) is 15.0 Å². The number of pyridine rings is 1. The Balaban J connectivity index is 1.42. The third-order valence-corrected chi connectivity index (χ3v) is 10.5. The minimum absolute atomic E-state index is 0.0108. The second-order valence-corrected chi connectivity index (χ2v) is 15.5. The van der Waals surface area contributed by atoms with Crippen LogP contribution >= 0.6 is 11.3 Å². The summed E-state index contributed by atoms with van der Waals surface area (Å²) in [6, 6.07) is 6.05. The summed E-state index contributed by atoms with van der Waals surface area (Å²) in [5.41, 5.74) is 3.93. The largest absolute Gasteiger partial charge is 0.367 e. The Morgan fingerprint density at radius 3 is 2.60 bits per heavy atom. The van der Waals surface area contributed by atoms with Gasteiger partial charge in [-0.05, 0) is 80.7 Å². The van der Waals surface area contributed by atoms with Crippen LogP contribution in [0.4, 0.5) is 16.2 Å². The fraction of sp³-hybridized carbons (Fsp3) is 0.484. The quantitative estimate of drug-likeness (QED) is 0.195. The molecule has 5 rings (SSSR count). The predicted molar refractivity (Wildman–Crippen MR) is 168 cm³/mol. The molecule has 0 amide bonds. The number of anilines is 2. The molecule has 1 fully saturated rings. The summed E-state index contributed by atoms with van der Waals surface area (Å²) in [7, 11) is -3.53. The molecule has 42 heavy (non-hydrogen) atoms. The van der Waals surface area contributed by atoms with E-state index in [1.165, 1.54) is 18.2 Å². The molecule has 3 aromatic heterocycles. The van der Waals surface area contributed by atoms with Crippen LogP contribution in [0.5, 0.6) is 0 Å². The first kappa shape index (κ1) is 30.3. The standard InChI is InChI=1S/C31H39FN6O2S2/c1-7-24-27-25(12-13-33-24)41-29(37-27)26-19(3)35-30(34-17-31(4,5)6)38-28(26)36-21-9-8-20(15-21)16-42(39,40)22-10-11-23(32)18(2)14-22/h10-14,20-21H,7-9,15-17H2,1-6H3,(H2,34,35,36,38). The molecule has 1 aliphatic carbocycles. The predicted octanol–water partition coefficient (Wildman–Crippen LogP) is 6.98. The lowest BCUT2D eigenvalue weighted by Crippen LogP contribution is -2.23. The van der Waals surface area contributed by atoms with Gasteiger partial charge in [-0.2, -0.15) is 4.98 Å². The van der Waals surface area contributed by atoms with E-state index in [2.05, 4.69) is 43.3 Å². The van der Waals surface area contributed by atoms with Crippen LogP contribution in [0, 0.1) is 31.0 Å². The van der Waals surface area contributed by atoms with Crippen LogP contribution in [0.1, 0.15) is 63.9 Å². The van der Waals surface area contributed by atoms with Crippen molar-refractivity contribution in [3.05, 3.63) is 53.2 Å². The van der Waals surface area contributed by atoms with E-state index in [1.54, 1.807) is 18.3 Å². The van der Waals surface area contributed by atoms with Crippen molar-refractivity contribution in [2.24, 2.45) is 11.3 Å². The van der Waals surface area contributed by atoms with Gasteiger partial charge in [-0.3, -0.25) is 4.98 Å². The number of benzene rings is 1. The lowest BCUT2D eigenvalue weighted by Gasteiger charge is -2.21. The third-order valence-electron chi connectivity index (χ3n) is 7.62. The van der Waals surface area contributed by atoms with Crippen LogP contribution in [0.2, 0.25) is 0 Å². The maximum Gasteiger partial charge on any atom is 0.224 e. The number of thiazole rings is 1. The summed E-state index contributed by atoms with van der Waals surface area (Å²) >= 11 is 1.60. The molecule has 11 heteroatoms. The average Bonchev–Trinajstić information content (AvgIpc) is 3.54. The number of halogens is 1. The molecule has 0 spiro atoms. The molecule has 0 bridgehead atoms. The van der Waals surface area contributed by atoms with E-state index in [-0.39, 0.29) is 28.0 Å². The monoisotopic (exact) mass is 610 g/mol. The number of fused-ring (bicyclic) bond motifs is 1. The zero-order valence-electron chi connectivity index (χ0n) is 25.1. The molecule has 1 saturated carbocycles. The van der Waals surface area contributed by atoms with Gasteiger partial charge in [0.25, 0.3) is 0 Å². The van der Waals surface area contributed by atoms with E-state index < -0.39 is 15.7 Å². The third kappa shape index (κ3) is 6.72. The molecule has 2 N–H and O–H groups in total. The first-order valence-corrected chi connectivity index (χ1v) is 16.9. The molecule has 4 aromatic rings. The van der Waals surface area contributed by atoms with E-state index in [9.17, 15) is 12.8 Å². The maximum absolute atomic E-state index is 13.7. The molecule has 0 saturated heterocycles. The number of nitrogens with one attached hydrogen (secondary N) is 2. The molecule has 3 heterocycles. The van der Waals surface area contributed by atoms with Gasteiger partial charge in [0, 0.05) is 18.8 Å². The Morgan fingerprint density at radius 1 is 1.10 bits per heavy atom. The minimum atomic E-state index is -3.53. The van der Waals surface area contributed by atoms with Crippen molar-refractivity contribution in [2.45, 2.75) is 78.2 Å². The van der Waals surface area contributed by atoms with Gasteiger partial charge in [0.15, 0.2) is 9.84 Å². The topological polar surface area (TPSA) is 110 Å². The number of hydrogen-bond acceptors (Lipinski definition) is 9. The van der Waals surface area contributed by atoms with E-state index in [1.807, 2.05) is 19.2 Å². The van der Waals surface area contributed by atoms with Gasteiger partial charge in [-0.25, -0.2) is 22.8 Å². The average molecular weight is 611 g/mol. The first-order chi connectivity index (χ1) is 19.8. The molecular formula is C31H39FN6O2S2. The number of rotatable bonds is 9. The minimum Gasteiger partial charge on any atom is -0.367 e. The second-order valence-electron chi connectivity index (χ2n) is 12.5. The van der Waals surface area contributed by atoms with Crippen LogP contribution in [-0.4, -0.2) is 46.7 Å². The van der Waals surface area contributed by atoms with Crippen LogP contribution in [0.25, 0.3) is 20.8 Å². The molecular weight excluding hydrogens is 572 g/mol. The zero-order valence-corrected chi connectivity index (χ0v) is 26.7. The highest BCUT2D eigenvalue weighted by molar-refractivity contribution is 7.91. The van der Waals surface area contributed by atoms with Gasteiger partial charge in [0.2, 0.25) is 5.95 Å². The number of hydrogen-bond donors (Lipinski definition) is 2. The Bertz CT molecular complexity index is 1710. The van der Waals surface area contributed by atoms with Crippen molar-refractivity contribution in [2.75, 3.05) is 22.9 Å². The molecule has 2 unspecified atom stereocenters. The Kier molecular flexibility index (Phi) is 8.53. The summed E-state index contributed by atoms with van der Waals surface area (Å²) in [5, 5.41) is 7.86. The normalized spacial score (nSPS) is 17.6.